The highest BCUT2D eigenvalue weighted by atomic mass is 32.2. The first-order valence-corrected chi connectivity index (χ1v) is 11.5. The lowest BCUT2D eigenvalue weighted by Gasteiger charge is -2.31. The molecule has 1 amide bonds. The first-order valence-electron chi connectivity index (χ1n) is 10.0. The molecule has 1 aromatic heterocycles. The molecule has 31 heavy (non-hydrogen) atoms. The van der Waals surface area contributed by atoms with Crippen molar-refractivity contribution in [1.29, 1.82) is 0 Å². The van der Waals surface area contributed by atoms with Gasteiger partial charge in [-0.25, -0.2) is 13.1 Å². The Morgan fingerprint density at radius 2 is 1.74 bits per heavy atom. The molecule has 168 valence electrons. The molecule has 4 rings (SSSR count). The third kappa shape index (κ3) is 4.45. The summed E-state index contributed by atoms with van der Waals surface area (Å²) in [6.45, 7) is 1.69. The van der Waals surface area contributed by atoms with Gasteiger partial charge < -0.3 is 4.90 Å². The molecular weight excluding hydrogens is 435 g/mol. The van der Waals surface area contributed by atoms with Crippen LogP contribution in [0.1, 0.15) is 47.8 Å². The number of carbonyl (C=O) groups excluding carboxylic acids is 1. The van der Waals surface area contributed by atoms with Gasteiger partial charge >= 0.3 is 6.18 Å². The van der Waals surface area contributed by atoms with Gasteiger partial charge in [-0.05, 0) is 43.9 Å². The molecule has 12 heteroatoms. The third-order valence-electron chi connectivity index (χ3n) is 5.72. The molecule has 2 aliphatic rings. The van der Waals surface area contributed by atoms with Crippen LogP contribution in [0.4, 0.5) is 13.2 Å². The molecule has 0 bridgehead atoms. The molecule has 2 aromatic rings. The number of amides is 1. The number of hydrogen-bond acceptors (Lipinski definition) is 5. The van der Waals surface area contributed by atoms with Crippen molar-refractivity contribution in [3.63, 3.8) is 0 Å². The molecule has 0 atom stereocenters. The second-order valence-corrected chi connectivity index (χ2v) is 9.68. The van der Waals surface area contributed by atoms with Crippen LogP contribution in [0.5, 0.6) is 0 Å². The summed E-state index contributed by atoms with van der Waals surface area (Å²) in [5.41, 5.74) is -0.734. The van der Waals surface area contributed by atoms with Gasteiger partial charge in [0.05, 0.1) is 22.7 Å². The zero-order valence-corrected chi connectivity index (χ0v) is 17.4. The van der Waals surface area contributed by atoms with Gasteiger partial charge in [-0.2, -0.15) is 17.5 Å². The quantitative estimate of drug-likeness (QED) is 0.704. The smallest absolute Gasteiger partial charge is 0.337 e. The van der Waals surface area contributed by atoms with Gasteiger partial charge in [0.2, 0.25) is 10.0 Å². The monoisotopic (exact) mass is 457 g/mol. The number of carbonyl (C=O) groups is 1. The first kappa shape index (κ1) is 21.8. The van der Waals surface area contributed by atoms with Crippen molar-refractivity contribution in [2.24, 2.45) is 0 Å². The average Bonchev–Trinajstić information content (AvgIpc) is 3.45. The largest absolute Gasteiger partial charge is 0.416 e. The number of rotatable bonds is 4. The normalized spacial score (nSPS) is 19.1. The number of piperidine rings is 1. The summed E-state index contributed by atoms with van der Waals surface area (Å²) < 4.78 is 67.2. The minimum Gasteiger partial charge on any atom is -0.337 e. The van der Waals surface area contributed by atoms with Gasteiger partial charge in [-0.1, -0.05) is 11.3 Å². The fourth-order valence-electron chi connectivity index (χ4n) is 3.96. The summed E-state index contributed by atoms with van der Waals surface area (Å²) in [6, 6.07) is 3.63. The highest BCUT2D eigenvalue weighted by Crippen LogP contribution is 2.32. The molecule has 0 unspecified atom stereocenters. The van der Waals surface area contributed by atoms with E-state index in [1.54, 1.807) is 15.8 Å². The minimum absolute atomic E-state index is 0.137. The average molecular weight is 457 g/mol. The zero-order chi connectivity index (χ0) is 22.2. The van der Waals surface area contributed by atoms with E-state index in [2.05, 4.69) is 10.3 Å². The molecule has 1 aromatic carbocycles. The topological polar surface area (TPSA) is 88.4 Å². The van der Waals surface area contributed by atoms with Gasteiger partial charge in [-0.15, -0.1) is 5.10 Å². The van der Waals surface area contributed by atoms with Crippen LogP contribution in [-0.4, -0.2) is 64.7 Å². The summed E-state index contributed by atoms with van der Waals surface area (Å²) in [4.78, 5) is 13.8. The van der Waals surface area contributed by atoms with Crippen LogP contribution in [0, 0.1) is 0 Å². The molecular formula is C19H22F3N5O3S. The van der Waals surface area contributed by atoms with E-state index in [1.165, 1.54) is 10.4 Å². The molecule has 2 saturated heterocycles. The molecule has 8 nitrogen and oxygen atoms in total. The number of sulfonamides is 1. The minimum atomic E-state index is -4.62. The van der Waals surface area contributed by atoms with Crippen LogP contribution in [-0.2, 0) is 16.2 Å². The lowest BCUT2D eigenvalue weighted by Crippen LogP contribution is -2.39. The highest BCUT2D eigenvalue weighted by Gasteiger charge is 2.35. The van der Waals surface area contributed by atoms with Crippen LogP contribution >= 0.6 is 0 Å². The summed E-state index contributed by atoms with van der Waals surface area (Å²) >= 11 is 0. The van der Waals surface area contributed by atoms with Crippen molar-refractivity contribution in [2.45, 2.75) is 42.8 Å². The van der Waals surface area contributed by atoms with Crippen LogP contribution in [0.25, 0.3) is 0 Å². The maximum atomic E-state index is 12.9. The van der Waals surface area contributed by atoms with Gasteiger partial charge in [0.15, 0.2) is 5.69 Å². The fraction of sp³-hybridized carbons (Fsp3) is 0.526. The van der Waals surface area contributed by atoms with Gasteiger partial charge in [0.1, 0.15) is 0 Å². The fourth-order valence-corrected chi connectivity index (χ4v) is 5.48. The Bertz CT molecular complexity index is 1060. The molecule has 0 saturated carbocycles. The summed E-state index contributed by atoms with van der Waals surface area (Å²) in [7, 11) is -4.04. The number of halogens is 3. The van der Waals surface area contributed by atoms with E-state index >= 15 is 0 Å². The Hall–Kier alpha value is -2.47. The molecule has 0 radical (unpaired) electrons. The molecule has 0 N–H and O–H groups in total. The number of benzene rings is 1. The standard InChI is InChI=1S/C19H22F3N5O3S/c20-19(21,22)14-4-3-5-16(12-14)31(29,30)26-10-6-15(7-11-26)27-13-17(23-24-27)18(28)25-8-1-2-9-25/h3-5,12-13,15H,1-2,6-11H2. The number of alkyl halides is 3. The maximum Gasteiger partial charge on any atom is 0.416 e. The van der Waals surface area contributed by atoms with E-state index in [4.69, 9.17) is 0 Å². The van der Waals surface area contributed by atoms with Crippen LogP contribution in [0.2, 0.25) is 0 Å². The lowest BCUT2D eigenvalue weighted by atomic mass is 10.1. The first-order chi connectivity index (χ1) is 14.7. The Labute approximate surface area is 177 Å². The molecule has 0 spiro atoms. The molecule has 3 heterocycles. The van der Waals surface area contributed by atoms with E-state index in [0.717, 1.165) is 25.0 Å². The summed E-state index contributed by atoms with van der Waals surface area (Å²) in [5.74, 6) is -0.159. The van der Waals surface area contributed by atoms with Gasteiger partial charge in [0, 0.05) is 26.2 Å². The maximum absolute atomic E-state index is 12.9. The summed E-state index contributed by atoms with van der Waals surface area (Å²) in [6.07, 6.45) is -0.257. The number of likely N-dealkylation sites (tertiary alicyclic amines) is 1. The molecule has 0 aliphatic carbocycles. The Kier molecular flexibility index (Phi) is 5.77. The molecule has 2 aliphatic heterocycles. The Morgan fingerprint density at radius 1 is 1.06 bits per heavy atom. The number of aromatic nitrogens is 3. The number of hydrogen-bond donors (Lipinski definition) is 0. The van der Waals surface area contributed by atoms with Crippen molar-refractivity contribution in [1.82, 2.24) is 24.2 Å². The Balaban J connectivity index is 1.42. The van der Waals surface area contributed by atoms with E-state index in [0.29, 0.717) is 32.0 Å². The van der Waals surface area contributed by atoms with Crippen LogP contribution in [0.3, 0.4) is 0 Å². The van der Waals surface area contributed by atoms with Gasteiger partial charge in [0.25, 0.3) is 5.91 Å². The Morgan fingerprint density at radius 3 is 2.39 bits per heavy atom. The van der Waals surface area contributed by atoms with Crippen molar-refractivity contribution in [2.75, 3.05) is 26.2 Å². The third-order valence-corrected chi connectivity index (χ3v) is 7.61. The second-order valence-electron chi connectivity index (χ2n) is 7.74. The molecule has 2 fully saturated rings. The van der Waals surface area contributed by atoms with E-state index in [1.807, 2.05) is 0 Å². The zero-order valence-electron chi connectivity index (χ0n) is 16.6. The van der Waals surface area contributed by atoms with Crippen LogP contribution in [0.15, 0.2) is 35.4 Å². The van der Waals surface area contributed by atoms with Crippen LogP contribution < -0.4 is 0 Å². The van der Waals surface area contributed by atoms with E-state index in [-0.39, 0.29) is 35.6 Å². The highest BCUT2D eigenvalue weighted by molar-refractivity contribution is 7.89. The van der Waals surface area contributed by atoms with E-state index < -0.39 is 21.8 Å². The SMILES string of the molecule is O=C(c1cn(C2CCN(S(=O)(=O)c3cccc(C(F)(F)F)c3)CC2)nn1)N1CCCC1. The van der Waals surface area contributed by atoms with Crippen molar-refractivity contribution in [3.05, 3.63) is 41.7 Å². The van der Waals surface area contributed by atoms with Gasteiger partial charge in [-0.3, -0.25) is 4.79 Å². The predicted octanol–water partition coefficient (Wildman–Crippen LogP) is 2.56. The predicted molar refractivity (Wildman–Crippen MR) is 104 cm³/mol. The second kappa shape index (κ2) is 8.23. The van der Waals surface area contributed by atoms with Crippen molar-refractivity contribution >= 4 is 15.9 Å². The number of nitrogens with zero attached hydrogens (tertiary/aromatic N) is 5. The van der Waals surface area contributed by atoms with Crippen molar-refractivity contribution in [3.8, 4) is 0 Å². The lowest BCUT2D eigenvalue weighted by molar-refractivity contribution is -0.137. The van der Waals surface area contributed by atoms with E-state index in [9.17, 15) is 26.4 Å². The van der Waals surface area contributed by atoms with Crippen molar-refractivity contribution < 1.29 is 26.4 Å². The summed E-state index contributed by atoms with van der Waals surface area (Å²) in [5, 5.41) is 8.01.